The molecular formula is C20H22N4O3S. The Morgan fingerprint density at radius 3 is 2.86 bits per heavy atom. The second-order valence-corrected chi connectivity index (χ2v) is 7.62. The summed E-state index contributed by atoms with van der Waals surface area (Å²) in [6.07, 6.45) is 3.80. The lowest BCUT2D eigenvalue weighted by Crippen LogP contribution is -2.32. The predicted molar refractivity (Wildman–Crippen MR) is 107 cm³/mol. The van der Waals surface area contributed by atoms with Crippen molar-refractivity contribution in [1.29, 1.82) is 0 Å². The number of furan rings is 1. The van der Waals surface area contributed by atoms with Gasteiger partial charge in [0, 0.05) is 18.8 Å². The molecule has 8 heteroatoms. The van der Waals surface area contributed by atoms with Crippen LogP contribution in [0.5, 0.6) is 0 Å². The van der Waals surface area contributed by atoms with Crippen molar-refractivity contribution in [2.45, 2.75) is 31.0 Å². The van der Waals surface area contributed by atoms with Crippen LogP contribution < -0.4 is 5.32 Å². The van der Waals surface area contributed by atoms with Crippen LogP contribution in [0.4, 0.5) is 0 Å². The normalized spacial score (nSPS) is 16.4. The number of ether oxygens (including phenoxy) is 1. The molecule has 2 aromatic heterocycles. The molecule has 3 aromatic rings. The third-order valence-electron chi connectivity index (χ3n) is 4.55. The summed E-state index contributed by atoms with van der Waals surface area (Å²) >= 11 is 1.35. The fourth-order valence-electron chi connectivity index (χ4n) is 3.07. The van der Waals surface area contributed by atoms with Gasteiger partial charge in [0.05, 0.1) is 18.1 Å². The molecule has 0 bridgehead atoms. The third-order valence-corrected chi connectivity index (χ3v) is 5.48. The lowest BCUT2D eigenvalue weighted by atomic mass is 10.2. The zero-order valence-electron chi connectivity index (χ0n) is 15.6. The number of aromatic nitrogens is 3. The van der Waals surface area contributed by atoms with Gasteiger partial charge in [-0.2, -0.15) is 0 Å². The van der Waals surface area contributed by atoms with Crippen molar-refractivity contribution in [3.05, 3.63) is 48.2 Å². The first-order valence-corrected chi connectivity index (χ1v) is 10.3. The Kier molecular flexibility index (Phi) is 5.78. The summed E-state index contributed by atoms with van der Waals surface area (Å²) in [6, 6.07) is 11.7. The molecule has 0 spiro atoms. The molecule has 28 heavy (non-hydrogen) atoms. The van der Waals surface area contributed by atoms with Gasteiger partial charge in [0.15, 0.2) is 10.9 Å². The van der Waals surface area contributed by atoms with Crippen molar-refractivity contribution in [3.8, 4) is 17.3 Å². The Bertz CT molecular complexity index is 916. The van der Waals surface area contributed by atoms with E-state index in [1.807, 2.05) is 47.9 Å². The highest BCUT2D eigenvalue weighted by molar-refractivity contribution is 7.99. The van der Waals surface area contributed by atoms with Crippen LogP contribution in [-0.2, 0) is 9.53 Å². The van der Waals surface area contributed by atoms with Gasteiger partial charge in [-0.05, 0) is 44.0 Å². The number of amides is 1. The Labute approximate surface area is 167 Å². The highest BCUT2D eigenvalue weighted by Gasteiger charge is 2.20. The molecule has 7 nitrogen and oxygen atoms in total. The van der Waals surface area contributed by atoms with Gasteiger partial charge in [-0.1, -0.05) is 29.5 Å². The summed E-state index contributed by atoms with van der Waals surface area (Å²) in [7, 11) is 0. The number of hydrogen-bond donors (Lipinski definition) is 1. The molecule has 0 saturated carbocycles. The van der Waals surface area contributed by atoms with E-state index < -0.39 is 0 Å². The highest BCUT2D eigenvalue weighted by atomic mass is 32.2. The van der Waals surface area contributed by atoms with E-state index >= 15 is 0 Å². The molecule has 1 amide bonds. The van der Waals surface area contributed by atoms with Crippen molar-refractivity contribution < 1.29 is 13.9 Å². The topological polar surface area (TPSA) is 82.2 Å². The van der Waals surface area contributed by atoms with Gasteiger partial charge in [0.2, 0.25) is 11.7 Å². The number of carbonyl (C=O) groups is 1. The molecule has 4 rings (SSSR count). The number of hydrogen-bond acceptors (Lipinski definition) is 6. The van der Waals surface area contributed by atoms with Gasteiger partial charge in [0.25, 0.3) is 0 Å². The molecule has 146 valence electrons. The zero-order chi connectivity index (χ0) is 19.3. The van der Waals surface area contributed by atoms with Crippen molar-refractivity contribution >= 4 is 17.7 Å². The van der Waals surface area contributed by atoms with Crippen LogP contribution in [0, 0.1) is 6.92 Å². The molecule has 0 aliphatic carbocycles. The number of benzene rings is 1. The molecule has 0 unspecified atom stereocenters. The zero-order valence-corrected chi connectivity index (χ0v) is 16.4. The predicted octanol–water partition coefficient (Wildman–Crippen LogP) is 3.22. The quantitative estimate of drug-likeness (QED) is 0.616. The summed E-state index contributed by atoms with van der Waals surface area (Å²) in [5, 5.41) is 12.2. The Hall–Kier alpha value is -2.58. The van der Waals surface area contributed by atoms with Gasteiger partial charge < -0.3 is 14.5 Å². The maximum Gasteiger partial charge on any atom is 0.230 e. The fourth-order valence-corrected chi connectivity index (χ4v) is 3.85. The summed E-state index contributed by atoms with van der Waals surface area (Å²) in [5.74, 6) is 1.45. The van der Waals surface area contributed by atoms with E-state index in [0.29, 0.717) is 23.3 Å². The molecule has 1 N–H and O–H groups in total. The standard InChI is InChI=1S/C20H22N4O3S/c1-14-6-8-15(9-7-14)24-19(17-5-3-11-27-17)22-23-20(24)28-13-18(25)21-12-16-4-2-10-26-16/h3,5-9,11,16H,2,4,10,12-13H2,1H3,(H,21,25)/t16-/m1/s1. The second kappa shape index (κ2) is 8.62. The summed E-state index contributed by atoms with van der Waals surface area (Å²) in [5.41, 5.74) is 2.09. The monoisotopic (exact) mass is 398 g/mol. The van der Waals surface area contributed by atoms with E-state index in [1.165, 1.54) is 17.3 Å². The van der Waals surface area contributed by atoms with E-state index in [4.69, 9.17) is 9.15 Å². The first-order chi connectivity index (χ1) is 13.7. The lowest BCUT2D eigenvalue weighted by Gasteiger charge is -2.11. The van der Waals surface area contributed by atoms with Crippen LogP contribution in [0.25, 0.3) is 17.3 Å². The van der Waals surface area contributed by atoms with Gasteiger partial charge in [-0.15, -0.1) is 10.2 Å². The van der Waals surface area contributed by atoms with Crippen molar-refractivity contribution in [2.24, 2.45) is 0 Å². The molecule has 0 radical (unpaired) electrons. The average Bonchev–Trinajstić information content (AvgIpc) is 3.46. The minimum absolute atomic E-state index is 0.0431. The first kappa shape index (κ1) is 18.8. The largest absolute Gasteiger partial charge is 0.461 e. The van der Waals surface area contributed by atoms with Crippen LogP contribution >= 0.6 is 11.8 Å². The third kappa shape index (κ3) is 4.28. The van der Waals surface area contributed by atoms with Crippen LogP contribution in [0.3, 0.4) is 0 Å². The Balaban J connectivity index is 1.50. The maximum atomic E-state index is 12.2. The Morgan fingerprint density at radius 2 is 2.14 bits per heavy atom. The van der Waals surface area contributed by atoms with Crippen LogP contribution in [0.15, 0.2) is 52.2 Å². The number of carbonyl (C=O) groups excluding carboxylic acids is 1. The summed E-state index contributed by atoms with van der Waals surface area (Å²) in [6.45, 7) is 3.38. The van der Waals surface area contributed by atoms with Crippen LogP contribution in [-0.4, -0.2) is 45.7 Å². The number of nitrogens with one attached hydrogen (secondary N) is 1. The Morgan fingerprint density at radius 1 is 1.29 bits per heavy atom. The molecule has 1 aliphatic heterocycles. The summed E-state index contributed by atoms with van der Waals surface area (Å²) < 4.78 is 13.0. The molecule has 1 saturated heterocycles. The number of nitrogens with zero attached hydrogens (tertiary/aromatic N) is 3. The highest BCUT2D eigenvalue weighted by Crippen LogP contribution is 2.28. The minimum Gasteiger partial charge on any atom is -0.461 e. The maximum absolute atomic E-state index is 12.2. The van der Waals surface area contributed by atoms with E-state index in [1.54, 1.807) is 6.26 Å². The van der Waals surface area contributed by atoms with E-state index in [2.05, 4.69) is 15.5 Å². The van der Waals surface area contributed by atoms with Gasteiger partial charge in [0.1, 0.15) is 0 Å². The molecule has 1 aromatic carbocycles. The molecule has 1 atom stereocenters. The number of thioether (sulfide) groups is 1. The molecule has 3 heterocycles. The van der Waals surface area contributed by atoms with E-state index in [-0.39, 0.29) is 17.8 Å². The summed E-state index contributed by atoms with van der Waals surface area (Å²) in [4.78, 5) is 12.2. The molecule has 1 fully saturated rings. The lowest BCUT2D eigenvalue weighted by molar-refractivity contribution is -0.119. The molecular weight excluding hydrogens is 376 g/mol. The van der Waals surface area contributed by atoms with Crippen LogP contribution in [0.2, 0.25) is 0 Å². The second-order valence-electron chi connectivity index (χ2n) is 6.68. The van der Waals surface area contributed by atoms with Crippen molar-refractivity contribution in [2.75, 3.05) is 18.9 Å². The van der Waals surface area contributed by atoms with Crippen molar-refractivity contribution in [3.63, 3.8) is 0 Å². The smallest absolute Gasteiger partial charge is 0.230 e. The van der Waals surface area contributed by atoms with Crippen LogP contribution in [0.1, 0.15) is 18.4 Å². The number of aryl methyl sites for hydroxylation is 1. The minimum atomic E-state index is -0.0431. The van der Waals surface area contributed by atoms with Gasteiger partial charge in [-0.3, -0.25) is 9.36 Å². The van der Waals surface area contributed by atoms with E-state index in [9.17, 15) is 4.79 Å². The number of rotatable bonds is 7. The average molecular weight is 398 g/mol. The molecule has 1 aliphatic rings. The SMILES string of the molecule is Cc1ccc(-n2c(SCC(=O)NC[C@H]3CCCO3)nnc2-c2ccco2)cc1. The van der Waals surface area contributed by atoms with E-state index in [0.717, 1.165) is 25.1 Å². The van der Waals surface area contributed by atoms with Gasteiger partial charge in [-0.25, -0.2) is 0 Å². The first-order valence-electron chi connectivity index (χ1n) is 9.28. The van der Waals surface area contributed by atoms with Crippen molar-refractivity contribution in [1.82, 2.24) is 20.1 Å². The van der Waals surface area contributed by atoms with Gasteiger partial charge >= 0.3 is 0 Å². The fraction of sp³-hybridized carbons (Fsp3) is 0.350.